The molecule has 0 spiro atoms. The van der Waals surface area contributed by atoms with Gasteiger partial charge >= 0.3 is 11.9 Å². The third-order valence-electron chi connectivity index (χ3n) is 9.71. The summed E-state index contributed by atoms with van der Waals surface area (Å²) in [4.78, 5) is 60.1. The Hall–Kier alpha value is -7.16. The SMILES string of the molecule is CCn1nc(C)cc1C(=O)Nc1nc2cc(C(=O)O)cc3c2n1[C@@H](CC#CC[C@H]1COc2cc(C(=O)O)cc4nc(NC(=O)c5cc(C)nn5CC)n1c24)CO3. The number of aromatic carboxylic acids is 2. The minimum absolute atomic E-state index is 0.00122. The normalized spacial score (nSPS) is 15.5. The third kappa shape index (κ3) is 6.22. The van der Waals surface area contributed by atoms with Gasteiger partial charge in [0.05, 0.1) is 45.6 Å². The molecule has 0 fully saturated rings. The van der Waals surface area contributed by atoms with Crippen LogP contribution < -0.4 is 20.1 Å². The van der Waals surface area contributed by atoms with Crippen molar-refractivity contribution in [3.05, 3.63) is 70.3 Å². The minimum Gasteiger partial charge on any atom is -0.489 e. The van der Waals surface area contributed by atoms with Crippen molar-refractivity contribution in [1.29, 1.82) is 0 Å². The zero-order valence-corrected chi connectivity index (χ0v) is 30.8. The summed E-state index contributed by atoms with van der Waals surface area (Å²) < 4.78 is 18.9. The topological polar surface area (TPSA) is 223 Å². The molecule has 56 heavy (non-hydrogen) atoms. The van der Waals surface area contributed by atoms with Gasteiger partial charge in [0.1, 0.15) is 47.1 Å². The fourth-order valence-electron chi connectivity index (χ4n) is 7.21. The van der Waals surface area contributed by atoms with Crippen molar-refractivity contribution in [3.63, 3.8) is 0 Å². The molecule has 8 rings (SSSR count). The Labute approximate surface area is 318 Å². The van der Waals surface area contributed by atoms with Gasteiger partial charge in [-0.2, -0.15) is 10.2 Å². The van der Waals surface area contributed by atoms with Gasteiger partial charge < -0.3 is 19.7 Å². The van der Waals surface area contributed by atoms with Crippen molar-refractivity contribution in [2.24, 2.45) is 0 Å². The van der Waals surface area contributed by atoms with Gasteiger partial charge in [-0.3, -0.25) is 38.7 Å². The molecule has 4 aromatic heterocycles. The standard InChI is InChI=1S/C38H36N10O8/c1-5-45-27(11-19(3)43-45)33(49)41-37-39-25-13-21(35(51)52)15-29-31(25)47(37)23(17-55-29)9-7-8-10-24-18-56-30-16-22(36(53)54)14-26-32(30)48(24)38(40-26)42-34(50)28-12-20(4)44-46(28)6-2/h11-16,23-24H,5-6,9-10,17-18H2,1-4H3,(H,51,52)(H,53,54)(H,39,41,49)(H,40,42,50)/t23-,24-/m0/s1. The molecule has 0 bridgehead atoms. The molecule has 286 valence electrons. The lowest BCUT2D eigenvalue weighted by atomic mass is 10.1. The fraction of sp³-hybridized carbons (Fsp3) is 0.316. The fourth-order valence-corrected chi connectivity index (χ4v) is 7.21. The smallest absolute Gasteiger partial charge is 0.335 e. The van der Waals surface area contributed by atoms with E-state index in [9.17, 15) is 29.4 Å². The number of ether oxygens (including phenoxy) is 2. The average Bonchev–Trinajstić information content (AvgIpc) is 3.95. The molecule has 0 saturated carbocycles. The number of amides is 2. The van der Waals surface area contributed by atoms with Gasteiger partial charge in [-0.25, -0.2) is 19.6 Å². The molecular formula is C38H36N10O8. The molecule has 6 heterocycles. The molecule has 2 aromatic carbocycles. The van der Waals surface area contributed by atoms with Crippen LogP contribution >= 0.6 is 0 Å². The van der Waals surface area contributed by atoms with E-state index in [0.29, 0.717) is 69.4 Å². The second-order valence-corrected chi connectivity index (χ2v) is 13.5. The number of nitrogens with one attached hydrogen (secondary N) is 2. The van der Waals surface area contributed by atoms with Crippen LogP contribution in [0.5, 0.6) is 11.5 Å². The van der Waals surface area contributed by atoms with E-state index in [1.807, 2.05) is 23.0 Å². The Bertz CT molecular complexity index is 2510. The van der Waals surface area contributed by atoms with Crippen molar-refractivity contribution < 1.29 is 38.9 Å². The summed E-state index contributed by atoms with van der Waals surface area (Å²) >= 11 is 0. The molecule has 18 heteroatoms. The van der Waals surface area contributed by atoms with E-state index in [2.05, 4.69) is 42.6 Å². The summed E-state index contributed by atoms with van der Waals surface area (Å²) in [6.45, 7) is 8.58. The first-order valence-electron chi connectivity index (χ1n) is 17.9. The average molecular weight is 761 g/mol. The molecule has 2 atom stereocenters. The van der Waals surface area contributed by atoms with E-state index in [4.69, 9.17) is 9.47 Å². The van der Waals surface area contributed by atoms with Crippen LogP contribution in [0.4, 0.5) is 11.9 Å². The minimum atomic E-state index is -1.14. The number of anilines is 2. The highest BCUT2D eigenvalue weighted by molar-refractivity contribution is 6.05. The first-order valence-corrected chi connectivity index (χ1v) is 17.9. The Balaban J connectivity index is 1.10. The summed E-state index contributed by atoms with van der Waals surface area (Å²) in [5, 5.41) is 34.0. The number of hydrogen-bond acceptors (Lipinski definition) is 10. The number of carbonyl (C=O) groups is 4. The van der Waals surface area contributed by atoms with E-state index in [0.717, 1.165) is 0 Å². The molecule has 0 aliphatic carbocycles. The maximum absolute atomic E-state index is 13.5. The number of benzene rings is 2. The highest BCUT2D eigenvalue weighted by atomic mass is 16.5. The van der Waals surface area contributed by atoms with Crippen molar-refractivity contribution in [2.75, 3.05) is 23.8 Å². The van der Waals surface area contributed by atoms with Crippen LogP contribution in [0.3, 0.4) is 0 Å². The Morgan fingerprint density at radius 1 is 0.696 bits per heavy atom. The molecule has 18 nitrogen and oxygen atoms in total. The summed E-state index contributed by atoms with van der Waals surface area (Å²) in [7, 11) is 0. The van der Waals surface area contributed by atoms with Crippen LogP contribution in [0.25, 0.3) is 22.1 Å². The molecular weight excluding hydrogens is 724 g/mol. The lowest BCUT2D eigenvalue weighted by Gasteiger charge is -2.26. The number of imidazole rings is 2. The summed E-state index contributed by atoms with van der Waals surface area (Å²) in [5.41, 5.74) is 3.81. The number of rotatable bonds is 10. The van der Waals surface area contributed by atoms with Gasteiger partial charge in [0.15, 0.2) is 0 Å². The van der Waals surface area contributed by atoms with E-state index < -0.39 is 35.8 Å². The second-order valence-electron chi connectivity index (χ2n) is 13.5. The van der Waals surface area contributed by atoms with Crippen LogP contribution in [0, 0.1) is 25.7 Å². The van der Waals surface area contributed by atoms with Crippen LogP contribution in [0.15, 0.2) is 36.4 Å². The zero-order valence-electron chi connectivity index (χ0n) is 30.8. The largest absolute Gasteiger partial charge is 0.489 e. The van der Waals surface area contributed by atoms with Gasteiger partial charge in [0, 0.05) is 25.9 Å². The lowest BCUT2D eigenvalue weighted by Crippen LogP contribution is -2.26. The maximum Gasteiger partial charge on any atom is 0.335 e. The second kappa shape index (κ2) is 13.9. The molecule has 0 saturated heterocycles. The van der Waals surface area contributed by atoms with Crippen LogP contribution in [-0.2, 0) is 13.1 Å². The molecule has 2 aliphatic rings. The first kappa shape index (κ1) is 35.8. The molecule has 2 amide bonds. The molecule has 0 radical (unpaired) electrons. The number of nitrogens with zero attached hydrogens (tertiary/aromatic N) is 8. The Morgan fingerprint density at radius 2 is 1.11 bits per heavy atom. The number of carboxylic acids is 2. The Morgan fingerprint density at radius 3 is 1.48 bits per heavy atom. The number of aryl methyl sites for hydroxylation is 4. The molecule has 0 unspecified atom stereocenters. The maximum atomic E-state index is 13.5. The van der Waals surface area contributed by atoms with E-state index in [-0.39, 0.29) is 49.1 Å². The van der Waals surface area contributed by atoms with E-state index in [1.165, 1.54) is 24.3 Å². The van der Waals surface area contributed by atoms with Gasteiger partial charge in [-0.05, 0) is 64.1 Å². The Kier molecular flexibility index (Phi) is 8.91. The molecule has 2 aliphatic heterocycles. The van der Waals surface area contributed by atoms with Crippen molar-refractivity contribution in [3.8, 4) is 23.3 Å². The molecule has 6 aromatic rings. The number of aromatic nitrogens is 8. The number of hydrogen-bond donors (Lipinski definition) is 4. The third-order valence-corrected chi connectivity index (χ3v) is 9.71. The van der Waals surface area contributed by atoms with Gasteiger partial charge in [-0.15, -0.1) is 11.8 Å². The lowest BCUT2D eigenvalue weighted by molar-refractivity contribution is 0.0685. The van der Waals surface area contributed by atoms with E-state index in [1.54, 1.807) is 35.3 Å². The monoisotopic (exact) mass is 760 g/mol. The zero-order chi connectivity index (χ0) is 39.4. The summed E-state index contributed by atoms with van der Waals surface area (Å²) in [5.74, 6) is 4.43. The van der Waals surface area contributed by atoms with Crippen molar-refractivity contribution in [1.82, 2.24) is 38.7 Å². The van der Waals surface area contributed by atoms with E-state index >= 15 is 0 Å². The number of carboxylic acid groups (broad SMARTS) is 2. The molecule has 4 N–H and O–H groups in total. The van der Waals surface area contributed by atoms with Crippen LogP contribution in [-0.4, -0.2) is 85.8 Å². The quantitative estimate of drug-likeness (QED) is 0.140. The predicted molar refractivity (Wildman–Crippen MR) is 201 cm³/mol. The highest BCUT2D eigenvalue weighted by Gasteiger charge is 2.31. The first-order chi connectivity index (χ1) is 26.9. The summed E-state index contributed by atoms with van der Waals surface area (Å²) in [6.07, 6.45) is 0.547. The van der Waals surface area contributed by atoms with Gasteiger partial charge in [0.2, 0.25) is 11.9 Å². The predicted octanol–water partition coefficient (Wildman–Crippen LogP) is 4.69. The summed E-state index contributed by atoms with van der Waals surface area (Å²) in [6, 6.07) is 8.28. The number of carbonyl (C=O) groups excluding carboxylic acids is 2. The highest BCUT2D eigenvalue weighted by Crippen LogP contribution is 2.40. The van der Waals surface area contributed by atoms with Crippen LogP contribution in [0.2, 0.25) is 0 Å². The van der Waals surface area contributed by atoms with Crippen LogP contribution in [0.1, 0.15) is 91.9 Å². The van der Waals surface area contributed by atoms with Gasteiger partial charge in [0.25, 0.3) is 11.8 Å². The van der Waals surface area contributed by atoms with Gasteiger partial charge in [-0.1, -0.05) is 0 Å². The van der Waals surface area contributed by atoms with Crippen molar-refractivity contribution in [2.45, 2.75) is 65.7 Å². The van der Waals surface area contributed by atoms with Crippen molar-refractivity contribution >= 4 is 57.7 Å².